The molecule has 0 radical (unpaired) electrons. The highest BCUT2D eigenvalue weighted by Crippen LogP contribution is 2.14. The van der Waals surface area contributed by atoms with E-state index in [0.717, 1.165) is 135 Å². The maximum atomic E-state index is 12.8. The molecule has 0 bridgehead atoms. The molecule has 0 N–H and O–H groups in total. The van der Waals surface area contributed by atoms with Gasteiger partial charge in [0.1, 0.15) is 13.2 Å². The number of carbonyl (C=O) groups excluding carboxylic acids is 3. The lowest BCUT2D eigenvalue weighted by atomic mass is 10.1. The summed E-state index contributed by atoms with van der Waals surface area (Å²) in [5.74, 6) is -0.945. The Balaban J connectivity index is 4.45. The molecule has 386 valence electrons. The molecule has 0 heterocycles. The van der Waals surface area contributed by atoms with E-state index < -0.39 is 6.10 Å². The van der Waals surface area contributed by atoms with Crippen LogP contribution in [0.15, 0.2) is 109 Å². The Hall–Kier alpha value is -3.93. The normalized spacial score (nSPS) is 12.9. The second-order valence-corrected chi connectivity index (χ2v) is 18.1. The summed E-state index contributed by atoms with van der Waals surface area (Å²) in [5.41, 5.74) is 0. The highest BCUT2D eigenvalue weighted by molar-refractivity contribution is 5.71. The second-order valence-electron chi connectivity index (χ2n) is 18.1. The van der Waals surface area contributed by atoms with Crippen molar-refractivity contribution < 1.29 is 28.6 Å². The third-order valence-corrected chi connectivity index (χ3v) is 11.5. The van der Waals surface area contributed by atoms with Gasteiger partial charge in [0.05, 0.1) is 0 Å². The van der Waals surface area contributed by atoms with Gasteiger partial charge in [0.15, 0.2) is 6.10 Å². The Bertz CT molecular complexity index is 1410. The molecule has 0 fully saturated rings. The summed E-state index contributed by atoms with van der Waals surface area (Å²) in [6, 6.07) is 0. The van der Waals surface area contributed by atoms with Crippen molar-refractivity contribution in [3.05, 3.63) is 109 Å². The Kier molecular flexibility index (Phi) is 52.4. The van der Waals surface area contributed by atoms with Gasteiger partial charge >= 0.3 is 17.9 Å². The highest BCUT2D eigenvalue weighted by Gasteiger charge is 2.19. The average Bonchev–Trinajstić information content (AvgIpc) is 3.34. The summed E-state index contributed by atoms with van der Waals surface area (Å²) in [6.07, 6.45) is 75.0. The number of carbonyl (C=O) groups is 3. The molecule has 0 rings (SSSR count). The van der Waals surface area contributed by atoms with Crippen LogP contribution in [-0.2, 0) is 28.6 Å². The standard InChI is InChI=1S/C62H102O6/c1-4-7-10-13-16-19-22-25-27-29-31-33-35-37-40-43-46-49-52-55-61(64)67-58-59(57-66-60(63)54-51-48-45-42-39-24-21-18-15-12-9-6-3)68-62(65)56-53-50-47-44-41-38-36-34-32-30-28-26-23-20-17-14-11-8-5-2/h7-8,10-11,16-21,25-28,31,33,37,40,59H,4-6,9,12-15,22-24,29-30,32,34-36,38-39,41-58H2,1-3H3/b10-7-,11-8-,19-16-,20-17-,21-18-,27-25-,28-26-,33-31-,40-37-. The third kappa shape index (κ3) is 53.0. The molecule has 1 unspecified atom stereocenters. The SMILES string of the molecule is CC/C=C\C/C=C\C/C=C\C/C=C\C/C=C\CCCCCC(=O)OCC(COC(=O)CCCCCCC/C=C\CCCCC)OC(=O)CCCCCCCCCCC/C=C\C/C=C\C/C=C\CC. The quantitative estimate of drug-likeness (QED) is 0.0262. The highest BCUT2D eigenvalue weighted by atomic mass is 16.6. The molecule has 1 atom stereocenters. The topological polar surface area (TPSA) is 78.9 Å². The molecular weight excluding hydrogens is 841 g/mol. The largest absolute Gasteiger partial charge is 0.462 e. The van der Waals surface area contributed by atoms with Gasteiger partial charge in [0, 0.05) is 19.3 Å². The van der Waals surface area contributed by atoms with E-state index in [4.69, 9.17) is 14.2 Å². The second kappa shape index (κ2) is 55.7. The van der Waals surface area contributed by atoms with Gasteiger partial charge in [-0.3, -0.25) is 14.4 Å². The molecule has 68 heavy (non-hydrogen) atoms. The number of rotatable bonds is 49. The molecule has 0 saturated heterocycles. The maximum absolute atomic E-state index is 12.8. The van der Waals surface area contributed by atoms with E-state index in [1.807, 2.05) is 0 Å². The summed E-state index contributed by atoms with van der Waals surface area (Å²) < 4.78 is 16.8. The Morgan fingerprint density at radius 1 is 0.309 bits per heavy atom. The number of hydrogen-bond acceptors (Lipinski definition) is 6. The van der Waals surface area contributed by atoms with Crippen LogP contribution in [0.5, 0.6) is 0 Å². The Labute approximate surface area is 419 Å². The van der Waals surface area contributed by atoms with E-state index in [0.29, 0.717) is 19.3 Å². The molecule has 6 heteroatoms. The number of hydrogen-bond donors (Lipinski definition) is 0. The lowest BCUT2D eigenvalue weighted by molar-refractivity contribution is -0.167. The zero-order valence-electron chi connectivity index (χ0n) is 44.1. The predicted octanol–water partition coefficient (Wildman–Crippen LogP) is 18.7. The molecule has 0 aliphatic carbocycles. The van der Waals surface area contributed by atoms with Crippen molar-refractivity contribution in [3.63, 3.8) is 0 Å². The van der Waals surface area contributed by atoms with E-state index in [1.54, 1.807) is 0 Å². The van der Waals surface area contributed by atoms with Crippen LogP contribution in [0.4, 0.5) is 0 Å². The first-order chi connectivity index (χ1) is 33.5. The van der Waals surface area contributed by atoms with Gasteiger partial charge in [0.2, 0.25) is 0 Å². The fraction of sp³-hybridized carbons (Fsp3) is 0.661. The van der Waals surface area contributed by atoms with Crippen molar-refractivity contribution in [2.24, 2.45) is 0 Å². The summed E-state index contributed by atoms with van der Waals surface area (Å²) in [4.78, 5) is 38.1. The van der Waals surface area contributed by atoms with Crippen molar-refractivity contribution in [1.82, 2.24) is 0 Å². The molecule has 0 aromatic carbocycles. The van der Waals surface area contributed by atoms with Gasteiger partial charge in [-0.05, 0) is 122 Å². The lowest BCUT2D eigenvalue weighted by Gasteiger charge is -2.18. The Morgan fingerprint density at radius 2 is 0.574 bits per heavy atom. The number of unbranched alkanes of at least 4 members (excludes halogenated alkanes) is 20. The van der Waals surface area contributed by atoms with Gasteiger partial charge in [-0.2, -0.15) is 0 Å². The number of ether oxygens (including phenoxy) is 3. The van der Waals surface area contributed by atoms with Crippen LogP contribution in [0, 0.1) is 0 Å². The molecule has 0 aromatic heterocycles. The van der Waals surface area contributed by atoms with Crippen LogP contribution in [0.25, 0.3) is 0 Å². The van der Waals surface area contributed by atoms with Gasteiger partial charge in [0.25, 0.3) is 0 Å². The van der Waals surface area contributed by atoms with Crippen LogP contribution in [-0.4, -0.2) is 37.2 Å². The summed E-state index contributed by atoms with van der Waals surface area (Å²) in [6.45, 7) is 6.35. The van der Waals surface area contributed by atoms with Crippen LogP contribution in [0.2, 0.25) is 0 Å². The minimum Gasteiger partial charge on any atom is -0.462 e. The van der Waals surface area contributed by atoms with Crippen molar-refractivity contribution >= 4 is 17.9 Å². The number of esters is 3. The molecule has 6 nitrogen and oxygen atoms in total. The predicted molar refractivity (Wildman–Crippen MR) is 293 cm³/mol. The van der Waals surface area contributed by atoms with Crippen molar-refractivity contribution in [1.29, 1.82) is 0 Å². The van der Waals surface area contributed by atoms with E-state index >= 15 is 0 Å². The fourth-order valence-corrected chi connectivity index (χ4v) is 7.36. The van der Waals surface area contributed by atoms with Crippen LogP contribution < -0.4 is 0 Å². The first kappa shape index (κ1) is 64.1. The minimum absolute atomic E-state index is 0.0967. The van der Waals surface area contributed by atoms with Gasteiger partial charge in [-0.1, -0.05) is 214 Å². The van der Waals surface area contributed by atoms with E-state index in [2.05, 4.69) is 130 Å². The first-order valence-corrected chi connectivity index (χ1v) is 27.9. The zero-order valence-corrected chi connectivity index (χ0v) is 44.1. The molecule has 0 aliphatic heterocycles. The fourth-order valence-electron chi connectivity index (χ4n) is 7.36. The third-order valence-electron chi connectivity index (χ3n) is 11.5. The van der Waals surface area contributed by atoms with E-state index in [9.17, 15) is 14.4 Å². The first-order valence-electron chi connectivity index (χ1n) is 27.9. The smallest absolute Gasteiger partial charge is 0.306 e. The van der Waals surface area contributed by atoms with Gasteiger partial charge in [-0.15, -0.1) is 0 Å². The molecule has 0 aliphatic rings. The van der Waals surface area contributed by atoms with Crippen LogP contribution in [0.3, 0.4) is 0 Å². The van der Waals surface area contributed by atoms with E-state index in [1.165, 1.54) is 70.6 Å². The van der Waals surface area contributed by atoms with Crippen molar-refractivity contribution in [2.75, 3.05) is 13.2 Å². The van der Waals surface area contributed by atoms with Gasteiger partial charge in [-0.25, -0.2) is 0 Å². The minimum atomic E-state index is -0.800. The molecular formula is C62H102O6. The number of allylic oxidation sites excluding steroid dienone is 18. The molecule has 0 amide bonds. The van der Waals surface area contributed by atoms with Crippen LogP contribution in [0.1, 0.15) is 245 Å². The maximum Gasteiger partial charge on any atom is 0.306 e. The monoisotopic (exact) mass is 943 g/mol. The average molecular weight is 943 g/mol. The molecule has 0 saturated carbocycles. The van der Waals surface area contributed by atoms with Gasteiger partial charge < -0.3 is 14.2 Å². The van der Waals surface area contributed by atoms with Crippen molar-refractivity contribution in [3.8, 4) is 0 Å². The van der Waals surface area contributed by atoms with E-state index in [-0.39, 0.29) is 31.1 Å². The zero-order chi connectivity index (χ0) is 49.3. The Morgan fingerprint density at radius 3 is 0.926 bits per heavy atom. The summed E-state index contributed by atoms with van der Waals surface area (Å²) in [5, 5.41) is 0. The molecule has 0 aromatic rings. The lowest BCUT2D eigenvalue weighted by Crippen LogP contribution is -2.30. The summed E-state index contributed by atoms with van der Waals surface area (Å²) in [7, 11) is 0. The van der Waals surface area contributed by atoms with Crippen LogP contribution >= 0.6 is 0 Å². The molecule has 0 spiro atoms. The summed E-state index contributed by atoms with van der Waals surface area (Å²) >= 11 is 0. The van der Waals surface area contributed by atoms with Crippen molar-refractivity contribution in [2.45, 2.75) is 252 Å².